The molecule has 130 valence electrons. The highest BCUT2D eigenvalue weighted by atomic mass is 32.2. The largest absolute Gasteiger partial charge is 0.322 e. The van der Waals surface area contributed by atoms with Gasteiger partial charge < -0.3 is 5.32 Å². The Labute approximate surface area is 155 Å². The molecule has 0 aliphatic heterocycles. The van der Waals surface area contributed by atoms with Crippen LogP contribution < -0.4 is 5.32 Å². The molecule has 25 heavy (non-hydrogen) atoms. The third kappa shape index (κ3) is 3.40. The van der Waals surface area contributed by atoms with Crippen molar-refractivity contribution < 1.29 is 0 Å². The molecule has 0 radical (unpaired) electrons. The number of hydrogen-bond donors (Lipinski definition) is 2. The third-order valence-electron chi connectivity index (χ3n) is 5.07. The van der Waals surface area contributed by atoms with E-state index in [1.807, 2.05) is 0 Å². The number of hydrogen-bond acceptors (Lipinski definition) is 6. The normalized spacial score (nSPS) is 18.2. The molecule has 3 aromatic heterocycles. The van der Waals surface area contributed by atoms with Crippen LogP contribution in [0.5, 0.6) is 0 Å². The van der Waals surface area contributed by atoms with Crippen LogP contribution in [0.4, 0.5) is 11.6 Å². The van der Waals surface area contributed by atoms with Gasteiger partial charge in [0.05, 0.1) is 10.2 Å². The molecular formula is C18H21N5S2. The molecule has 2 N–H and O–H groups in total. The number of nitrogens with zero attached hydrogens (tertiary/aromatic N) is 3. The first-order chi connectivity index (χ1) is 12.3. The van der Waals surface area contributed by atoms with E-state index in [-0.39, 0.29) is 0 Å². The summed E-state index contributed by atoms with van der Waals surface area (Å²) in [6.45, 7) is 0. The number of H-pyrrole nitrogens is 1. The second-order valence-electron chi connectivity index (χ2n) is 7.06. The molecule has 0 unspecified atom stereocenters. The van der Waals surface area contributed by atoms with E-state index in [4.69, 9.17) is 9.97 Å². The van der Waals surface area contributed by atoms with E-state index in [1.54, 1.807) is 23.1 Å². The van der Waals surface area contributed by atoms with E-state index in [0.717, 1.165) is 38.7 Å². The zero-order valence-electron chi connectivity index (χ0n) is 14.0. The first kappa shape index (κ1) is 15.6. The summed E-state index contributed by atoms with van der Waals surface area (Å²) >= 11 is 3.47. The van der Waals surface area contributed by atoms with Crippen LogP contribution in [-0.4, -0.2) is 25.9 Å². The second-order valence-corrected chi connectivity index (χ2v) is 8.96. The Hall–Kier alpha value is -1.60. The van der Waals surface area contributed by atoms with E-state index >= 15 is 0 Å². The van der Waals surface area contributed by atoms with Crippen molar-refractivity contribution in [1.82, 2.24) is 20.2 Å². The average Bonchev–Trinajstić information content (AvgIpc) is 3.06. The fourth-order valence-corrected chi connectivity index (χ4v) is 5.30. The number of nitrogens with one attached hydrogen (secondary N) is 2. The summed E-state index contributed by atoms with van der Waals surface area (Å²) < 4.78 is 1.10. The van der Waals surface area contributed by atoms with E-state index in [2.05, 4.69) is 33.0 Å². The van der Waals surface area contributed by atoms with Crippen LogP contribution in [0.25, 0.3) is 10.2 Å². The summed E-state index contributed by atoms with van der Waals surface area (Å²) in [7, 11) is 0. The highest BCUT2D eigenvalue weighted by molar-refractivity contribution is 7.99. The quantitative estimate of drug-likeness (QED) is 0.453. The topological polar surface area (TPSA) is 66.5 Å². The van der Waals surface area contributed by atoms with Crippen molar-refractivity contribution in [2.24, 2.45) is 5.92 Å². The summed E-state index contributed by atoms with van der Waals surface area (Å²) in [6, 6.07) is 4.19. The molecular weight excluding hydrogens is 350 g/mol. The van der Waals surface area contributed by atoms with Crippen LogP contribution >= 0.6 is 23.1 Å². The molecule has 0 amide bonds. The van der Waals surface area contributed by atoms with Gasteiger partial charge in [-0.1, -0.05) is 24.6 Å². The molecule has 3 aromatic rings. The average molecular weight is 372 g/mol. The lowest BCUT2D eigenvalue weighted by molar-refractivity contribution is 0.622. The Morgan fingerprint density at radius 1 is 1.20 bits per heavy atom. The van der Waals surface area contributed by atoms with Crippen LogP contribution in [0.15, 0.2) is 22.7 Å². The predicted octanol–water partition coefficient (Wildman–Crippen LogP) is 5.32. The lowest BCUT2D eigenvalue weighted by Gasteiger charge is -2.09. The molecule has 3 heterocycles. The standard InChI is InChI=1S/C18H21N5S2/c1-2-4-11(3-1)10-25-18-19-13-7-8-24-16(13)17(21-18)20-15-9-14(22-23-15)12-5-6-12/h7-9,11-12H,1-6,10H2,(H2,19,20,21,22,23). The first-order valence-corrected chi connectivity index (χ1v) is 10.9. The Bertz CT molecular complexity index is 877. The number of fused-ring (bicyclic) bond motifs is 1. The van der Waals surface area contributed by atoms with Crippen LogP contribution in [0.2, 0.25) is 0 Å². The number of aromatic amines is 1. The van der Waals surface area contributed by atoms with Gasteiger partial charge in [0.25, 0.3) is 0 Å². The summed E-state index contributed by atoms with van der Waals surface area (Å²) in [4.78, 5) is 9.53. The van der Waals surface area contributed by atoms with Gasteiger partial charge in [-0.15, -0.1) is 11.3 Å². The maximum Gasteiger partial charge on any atom is 0.190 e. The number of thiophene rings is 1. The van der Waals surface area contributed by atoms with Crippen LogP contribution in [0, 0.1) is 5.92 Å². The monoisotopic (exact) mass is 371 g/mol. The SMILES string of the molecule is c1cc2nc(SCC3CCCC3)nc(Nc3cc(C4CC4)[nH]n3)c2s1. The molecule has 5 rings (SSSR count). The summed E-state index contributed by atoms with van der Waals surface area (Å²) in [5.74, 6) is 4.36. The van der Waals surface area contributed by atoms with Gasteiger partial charge in [0, 0.05) is 23.4 Å². The predicted molar refractivity (Wildman–Crippen MR) is 104 cm³/mol. The molecule has 2 aliphatic rings. The Morgan fingerprint density at radius 3 is 2.92 bits per heavy atom. The summed E-state index contributed by atoms with van der Waals surface area (Å²) in [5.41, 5.74) is 2.25. The minimum Gasteiger partial charge on any atom is -0.322 e. The van der Waals surface area contributed by atoms with Gasteiger partial charge in [0.1, 0.15) is 0 Å². The van der Waals surface area contributed by atoms with Crippen molar-refractivity contribution in [2.75, 3.05) is 11.1 Å². The minimum atomic E-state index is 0.674. The van der Waals surface area contributed by atoms with Crippen LogP contribution in [0.3, 0.4) is 0 Å². The fourth-order valence-electron chi connectivity index (χ4n) is 3.49. The van der Waals surface area contributed by atoms with Crippen molar-refractivity contribution in [2.45, 2.75) is 49.6 Å². The van der Waals surface area contributed by atoms with Crippen LogP contribution in [-0.2, 0) is 0 Å². The van der Waals surface area contributed by atoms with Gasteiger partial charge in [-0.3, -0.25) is 5.10 Å². The van der Waals surface area contributed by atoms with Crippen molar-refractivity contribution in [3.05, 3.63) is 23.2 Å². The maximum atomic E-state index is 4.80. The molecule has 0 aromatic carbocycles. The first-order valence-electron chi connectivity index (χ1n) is 9.05. The maximum absolute atomic E-state index is 4.80. The Kier molecular flexibility index (Phi) is 4.13. The molecule has 2 aliphatic carbocycles. The molecule has 5 nitrogen and oxygen atoms in total. The highest BCUT2D eigenvalue weighted by Gasteiger charge is 2.25. The van der Waals surface area contributed by atoms with Crippen molar-refractivity contribution in [3.63, 3.8) is 0 Å². The van der Waals surface area contributed by atoms with E-state index in [1.165, 1.54) is 44.2 Å². The molecule has 7 heteroatoms. The van der Waals surface area contributed by atoms with E-state index < -0.39 is 0 Å². The van der Waals surface area contributed by atoms with Gasteiger partial charge in [-0.2, -0.15) is 5.10 Å². The Morgan fingerprint density at radius 2 is 2.08 bits per heavy atom. The number of rotatable bonds is 6. The van der Waals surface area contributed by atoms with Crippen molar-refractivity contribution >= 4 is 45.0 Å². The Balaban J connectivity index is 1.38. The number of thioether (sulfide) groups is 1. The van der Waals surface area contributed by atoms with Crippen molar-refractivity contribution in [1.29, 1.82) is 0 Å². The van der Waals surface area contributed by atoms with Gasteiger partial charge in [-0.05, 0) is 43.0 Å². The van der Waals surface area contributed by atoms with Gasteiger partial charge in [-0.25, -0.2) is 9.97 Å². The molecule has 0 atom stereocenters. The van der Waals surface area contributed by atoms with Crippen molar-refractivity contribution in [3.8, 4) is 0 Å². The second kappa shape index (κ2) is 6.61. The van der Waals surface area contributed by atoms with E-state index in [9.17, 15) is 0 Å². The number of aromatic nitrogens is 4. The smallest absolute Gasteiger partial charge is 0.190 e. The van der Waals surface area contributed by atoms with Crippen LogP contribution in [0.1, 0.15) is 50.1 Å². The molecule has 0 saturated heterocycles. The zero-order valence-corrected chi connectivity index (χ0v) is 15.6. The fraction of sp³-hybridized carbons (Fsp3) is 0.500. The molecule has 0 spiro atoms. The highest BCUT2D eigenvalue weighted by Crippen LogP contribution is 2.40. The van der Waals surface area contributed by atoms with E-state index in [0.29, 0.717) is 5.92 Å². The summed E-state index contributed by atoms with van der Waals surface area (Å²) in [5, 5.41) is 13.9. The van der Waals surface area contributed by atoms with Gasteiger partial charge in [0.2, 0.25) is 0 Å². The third-order valence-corrected chi connectivity index (χ3v) is 7.06. The minimum absolute atomic E-state index is 0.674. The zero-order chi connectivity index (χ0) is 16.6. The van der Waals surface area contributed by atoms with Gasteiger partial charge >= 0.3 is 0 Å². The molecule has 2 fully saturated rings. The summed E-state index contributed by atoms with van der Waals surface area (Å²) in [6.07, 6.45) is 8.01. The van der Waals surface area contributed by atoms with Gasteiger partial charge in [0.15, 0.2) is 16.8 Å². The molecule has 0 bridgehead atoms. The molecule has 2 saturated carbocycles. The lowest BCUT2D eigenvalue weighted by Crippen LogP contribution is -2.00. The number of anilines is 2. The lowest BCUT2D eigenvalue weighted by atomic mass is 10.1.